The Morgan fingerprint density at radius 3 is 1.83 bits per heavy atom. The number of rotatable bonds is 17. The van der Waals surface area contributed by atoms with Gasteiger partial charge in [-0.25, -0.2) is 0 Å². The molecular formula is C18H40O4Si. The van der Waals surface area contributed by atoms with Gasteiger partial charge in [0.25, 0.3) is 0 Å². The van der Waals surface area contributed by atoms with Crippen molar-refractivity contribution in [3.63, 3.8) is 0 Å². The number of hydrogen-bond acceptors (Lipinski definition) is 4. The van der Waals surface area contributed by atoms with Crippen LogP contribution in [0.15, 0.2) is 0 Å². The fraction of sp³-hybridized carbons (Fsp3) is 1.00. The summed E-state index contributed by atoms with van der Waals surface area (Å²) in [4.78, 5) is 0. The second-order valence-corrected chi connectivity index (χ2v) is 8.70. The van der Waals surface area contributed by atoms with Crippen molar-refractivity contribution in [2.24, 2.45) is 0 Å². The smallest absolute Gasteiger partial charge is 0.379 e. The molecule has 1 atom stereocenters. The largest absolute Gasteiger partial charge is 0.500 e. The molecule has 0 saturated heterocycles. The summed E-state index contributed by atoms with van der Waals surface area (Å²) in [6, 6.07) is 0.936. The molecular weight excluding hydrogens is 308 g/mol. The highest BCUT2D eigenvalue weighted by Gasteiger charge is 2.39. The van der Waals surface area contributed by atoms with Gasteiger partial charge in [-0.1, -0.05) is 32.6 Å². The molecule has 23 heavy (non-hydrogen) atoms. The lowest BCUT2D eigenvalue weighted by Gasteiger charge is -2.28. The average Bonchev–Trinajstić information content (AvgIpc) is 2.52. The summed E-state index contributed by atoms with van der Waals surface area (Å²) in [5.74, 6) is 0. The van der Waals surface area contributed by atoms with Crippen LogP contribution in [0.5, 0.6) is 0 Å². The molecule has 0 saturated carbocycles. The Balaban J connectivity index is 3.84. The minimum Gasteiger partial charge on any atom is -0.379 e. The Kier molecular flexibility index (Phi) is 15.6. The van der Waals surface area contributed by atoms with Crippen LogP contribution >= 0.6 is 0 Å². The molecule has 140 valence electrons. The zero-order valence-electron chi connectivity index (χ0n) is 16.2. The van der Waals surface area contributed by atoms with E-state index in [2.05, 4.69) is 13.8 Å². The van der Waals surface area contributed by atoms with Gasteiger partial charge in [0.15, 0.2) is 0 Å². The van der Waals surface area contributed by atoms with Gasteiger partial charge in [0, 0.05) is 32.5 Å². The van der Waals surface area contributed by atoms with Crippen LogP contribution in [0.1, 0.15) is 79.6 Å². The Labute approximate surface area is 145 Å². The molecule has 0 aliphatic carbocycles. The van der Waals surface area contributed by atoms with Gasteiger partial charge in [0.1, 0.15) is 0 Å². The molecule has 0 N–H and O–H groups in total. The van der Waals surface area contributed by atoms with Crippen LogP contribution in [-0.4, -0.2) is 41.3 Å². The van der Waals surface area contributed by atoms with Gasteiger partial charge >= 0.3 is 8.80 Å². The van der Waals surface area contributed by atoms with E-state index in [0.29, 0.717) is 25.9 Å². The molecule has 5 heteroatoms. The maximum absolute atomic E-state index is 5.88. The van der Waals surface area contributed by atoms with E-state index >= 15 is 0 Å². The van der Waals surface area contributed by atoms with E-state index in [1.165, 1.54) is 32.1 Å². The van der Waals surface area contributed by atoms with Crippen molar-refractivity contribution in [2.45, 2.75) is 91.7 Å². The molecule has 0 aliphatic rings. The molecule has 1 unspecified atom stereocenters. The van der Waals surface area contributed by atoms with Crippen molar-refractivity contribution in [3.8, 4) is 0 Å². The van der Waals surface area contributed by atoms with Gasteiger partial charge < -0.3 is 18.0 Å². The molecule has 0 aromatic heterocycles. The summed E-state index contributed by atoms with van der Waals surface area (Å²) < 4.78 is 23.4. The SMILES string of the molecule is CCCCOC(C)CCCCCC[Si](OCC)(OCC)OCC. The van der Waals surface area contributed by atoms with Crippen LogP contribution < -0.4 is 0 Å². The highest BCUT2D eigenvalue weighted by atomic mass is 28.4. The van der Waals surface area contributed by atoms with E-state index in [1.54, 1.807) is 0 Å². The Morgan fingerprint density at radius 1 is 0.739 bits per heavy atom. The minimum absolute atomic E-state index is 0.394. The summed E-state index contributed by atoms with van der Waals surface area (Å²) >= 11 is 0. The van der Waals surface area contributed by atoms with E-state index in [-0.39, 0.29) is 0 Å². The summed E-state index contributed by atoms with van der Waals surface area (Å²) in [7, 11) is -2.42. The zero-order chi connectivity index (χ0) is 17.4. The summed E-state index contributed by atoms with van der Waals surface area (Å²) in [6.07, 6.45) is 8.75. The van der Waals surface area contributed by atoms with Crippen molar-refractivity contribution in [2.75, 3.05) is 26.4 Å². The van der Waals surface area contributed by atoms with Crippen molar-refractivity contribution < 1.29 is 18.0 Å². The Hall–Kier alpha value is 0.0569. The van der Waals surface area contributed by atoms with Crippen molar-refractivity contribution in [1.29, 1.82) is 0 Å². The summed E-state index contributed by atoms with van der Waals surface area (Å²) in [5.41, 5.74) is 0. The lowest BCUT2D eigenvalue weighted by molar-refractivity contribution is 0.0563. The Bertz CT molecular complexity index is 234. The third kappa shape index (κ3) is 12.1. The molecule has 0 bridgehead atoms. The van der Waals surface area contributed by atoms with Crippen LogP contribution in [-0.2, 0) is 18.0 Å². The first-order chi connectivity index (χ1) is 11.1. The normalized spacial score (nSPS) is 13.4. The topological polar surface area (TPSA) is 36.9 Å². The minimum atomic E-state index is -2.42. The molecule has 0 radical (unpaired) electrons. The molecule has 0 amide bonds. The molecule has 0 aliphatic heterocycles. The zero-order valence-corrected chi connectivity index (χ0v) is 17.2. The second-order valence-electron chi connectivity index (χ2n) is 5.97. The average molecular weight is 349 g/mol. The van der Waals surface area contributed by atoms with Crippen LogP contribution in [0, 0.1) is 0 Å². The molecule has 0 spiro atoms. The van der Waals surface area contributed by atoms with Crippen LogP contribution in [0.25, 0.3) is 0 Å². The summed E-state index contributed by atoms with van der Waals surface area (Å²) in [5, 5.41) is 0. The van der Waals surface area contributed by atoms with Gasteiger partial charge in [-0.05, 0) is 47.0 Å². The lowest BCUT2D eigenvalue weighted by Crippen LogP contribution is -2.45. The molecule has 0 rings (SSSR count). The molecule has 0 aromatic rings. The highest BCUT2D eigenvalue weighted by molar-refractivity contribution is 6.60. The molecule has 4 nitrogen and oxygen atoms in total. The molecule has 0 aromatic carbocycles. The van der Waals surface area contributed by atoms with Crippen molar-refractivity contribution in [3.05, 3.63) is 0 Å². The predicted molar refractivity (Wildman–Crippen MR) is 98.8 cm³/mol. The maximum atomic E-state index is 5.88. The van der Waals surface area contributed by atoms with E-state index in [9.17, 15) is 0 Å². The van der Waals surface area contributed by atoms with Crippen molar-refractivity contribution in [1.82, 2.24) is 0 Å². The second kappa shape index (κ2) is 15.6. The number of hydrogen-bond donors (Lipinski definition) is 0. The monoisotopic (exact) mass is 348 g/mol. The third-order valence-corrected chi connectivity index (χ3v) is 6.99. The van der Waals surface area contributed by atoms with Crippen LogP contribution in [0.3, 0.4) is 0 Å². The third-order valence-electron chi connectivity index (χ3n) is 3.84. The number of unbranched alkanes of at least 4 members (excludes halogenated alkanes) is 4. The van der Waals surface area contributed by atoms with Crippen molar-refractivity contribution >= 4 is 8.80 Å². The van der Waals surface area contributed by atoms with E-state index < -0.39 is 8.80 Å². The standard InChI is InChI=1S/C18H40O4Si/c1-6-10-16-19-18(5)15-13-11-12-14-17-23(20-7-2,21-8-3)22-9-4/h18H,6-17H2,1-5H3. The van der Waals surface area contributed by atoms with Gasteiger partial charge in [0.05, 0.1) is 6.10 Å². The first-order valence-electron chi connectivity index (χ1n) is 9.67. The van der Waals surface area contributed by atoms with Gasteiger partial charge in [0.2, 0.25) is 0 Å². The lowest BCUT2D eigenvalue weighted by atomic mass is 10.1. The predicted octanol–water partition coefficient (Wildman–Crippen LogP) is 5.19. The van der Waals surface area contributed by atoms with Gasteiger partial charge in [-0.15, -0.1) is 0 Å². The fourth-order valence-corrected chi connectivity index (χ4v) is 5.33. The summed E-state index contributed by atoms with van der Waals surface area (Å²) in [6.45, 7) is 13.3. The highest BCUT2D eigenvalue weighted by Crippen LogP contribution is 2.20. The van der Waals surface area contributed by atoms with E-state index in [4.69, 9.17) is 18.0 Å². The van der Waals surface area contributed by atoms with Gasteiger partial charge in [-0.2, -0.15) is 0 Å². The van der Waals surface area contributed by atoms with Crippen LogP contribution in [0.2, 0.25) is 6.04 Å². The van der Waals surface area contributed by atoms with E-state index in [1.807, 2.05) is 20.8 Å². The van der Waals surface area contributed by atoms with E-state index in [0.717, 1.165) is 25.5 Å². The van der Waals surface area contributed by atoms with Crippen LogP contribution in [0.4, 0.5) is 0 Å². The number of ether oxygens (including phenoxy) is 1. The molecule has 0 heterocycles. The quantitative estimate of drug-likeness (QED) is 0.268. The fourth-order valence-electron chi connectivity index (χ4n) is 2.64. The first-order valence-corrected chi connectivity index (χ1v) is 11.6. The molecule has 0 fully saturated rings. The Morgan fingerprint density at radius 2 is 1.30 bits per heavy atom. The maximum Gasteiger partial charge on any atom is 0.500 e. The first kappa shape index (κ1) is 23.1. The van der Waals surface area contributed by atoms with Gasteiger partial charge in [-0.3, -0.25) is 0 Å².